The fourth-order valence-electron chi connectivity index (χ4n) is 4.14. The quantitative estimate of drug-likeness (QED) is 0.909. The third kappa shape index (κ3) is 3.46. The molecule has 1 aliphatic carbocycles. The first-order chi connectivity index (χ1) is 12.6. The molecule has 6 nitrogen and oxygen atoms in total. The minimum absolute atomic E-state index is 0.345. The molecule has 2 heterocycles. The lowest BCUT2D eigenvalue weighted by Gasteiger charge is -2.41. The lowest BCUT2D eigenvalue weighted by Crippen LogP contribution is -2.52. The van der Waals surface area contributed by atoms with Crippen molar-refractivity contribution in [2.45, 2.75) is 25.3 Å². The molecule has 1 aromatic heterocycles. The molecule has 138 valence electrons. The number of benzene rings is 1. The molecule has 1 unspecified atom stereocenters. The molecule has 1 fully saturated rings. The van der Waals surface area contributed by atoms with Gasteiger partial charge in [0.25, 0.3) is 0 Å². The largest absolute Gasteiger partial charge is 0.368 e. The highest BCUT2D eigenvalue weighted by Crippen LogP contribution is 2.26. The van der Waals surface area contributed by atoms with Crippen LogP contribution in [-0.2, 0) is 12.8 Å². The van der Waals surface area contributed by atoms with Crippen molar-refractivity contribution in [1.82, 2.24) is 14.9 Å². The van der Waals surface area contributed by atoms with Gasteiger partial charge in [-0.1, -0.05) is 24.3 Å². The average molecular weight is 352 g/mol. The van der Waals surface area contributed by atoms with Crippen molar-refractivity contribution in [2.24, 2.45) is 0 Å². The summed E-state index contributed by atoms with van der Waals surface area (Å²) in [7, 11) is 3.95. The number of nitrogens with zero attached hydrogens (tertiary/aromatic N) is 5. The van der Waals surface area contributed by atoms with E-state index in [9.17, 15) is 0 Å². The highest BCUT2D eigenvalue weighted by atomic mass is 15.3. The number of piperazine rings is 1. The predicted octanol–water partition coefficient (Wildman–Crippen LogP) is 1.80. The van der Waals surface area contributed by atoms with Crippen molar-refractivity contribution in [3.05, 3.63) is 41.5 Å². The van der Waals surface area contributed by atoms with Gasteiger partial charge in [-0.15, -0.1) is 0 Å². The Bertz CT molecular complexity index is 767. The molecule has 1 aliphatic heterocycles. The monoisotopic (exact) mass is 352 g/mol. The van der Waals surface area contributed by atoms with Crippen LogP contribution < -0.4 is 15.5 Å². The van der Waals surface area contributed by atoms with Gasteiger partial charge in [-0.3, -0.25) is 4.90 Å². The molecular weight excluding hydrogens is 324 g/mol. The third-order valence-corrected chi connectivity index (χ3v) is 5.65. The second-order valence-electron chi connectivity index (χ2n) is 7.53. The first-order valence-electron chi connectivity index (χ1n) is 9.48. The van der Waals surface area contributed by atoms with Gasteiger partial charge in [-0.05, 0) is 30.4 Å². The molecule has 2 aromatic rings. The zero-order valence-corrected chi connectivity index (χ0v) is 15.7. The maximum Gasteiger partial charge on any atom is 0.223 e. The molecule has 0 radical (unpaired) electrons. The molecular formula is C20H28N6. The van der Waals surface area contributed by atoms with Gasteiger partial charge in [-0.25, -0.2) is 0 Å². The molecule has 6 heteroatoms. The Morgan fingerprint density at radius 2 is 1.77 bits per heavy atom. The van der Waals surface area contributed by atoms with Crippen LogP contribution in [0.25, 0.3) is 0 Å². The number of rotatable bonds is 3. The number of anilines is 3. The zero-order chi connectivity index (χ0) is 18.1. The first-order valence-corrected chi connectivity index (χ1v) is 9.48. The summed E-state index contributed by atoms with van der Waals surface area (Å²) in [4.78, 5) is 15.7. The number of aromatic nitrogens is 2. The highest BCUT2D eigenvalue weighted by Gasteiger charge is 2.27. The van der Waals surface area contributed by atoms with E-state index in [1.54, 1.807) is 0 Å². The van der Waals surface area contributed by atoms with Crippen LogP contribution >= 0.6 is 0 Å². The van der Waals surface area contributed by atoms with Crippen molar-refractivity contribution in [3.8, 4) is 0 Å². The summed E-state index contributed by atoms with van der Waals surface area (Å²) in [5.74, 6) is 2.14. The van der Waals surface area contributed by atoms with Gasteiger partial charge in [0, 0.05) is 52.4 Å². The maximum absolute atomic E-state index is 5.91. The van der Waals surface area contributed by atoms with Gasteiger partial charge in [0.2, 0.25) is 5.95 Å². The summed E-state index contributed by atoms with van der Waals surface area (Å²) < 4.78 is 0. The fraction of sp³-hybridized carbons (Fsp3) is 0.500. The van der Waals surface area contributed by atoms with Gasteiger partial charge in [0.1, 0.15) is 11.6 Å². The van der Waals surface area contributed by atoms with Crippen LogP contribution in [0, 0.1) is 0 Å². The van der Waals surface area contributed by atoms with Gasteiger partial charge >= 0.3 is 0 Å². The Balaban J connectivity index is 1.41. The van der Waals surface area contributed by atoms with E-state index in [0.29, 0.717) is 12.0 Å². The molecule has 26 heavy (non-hydrogen) atoms. The van der Waals surface area contributed by atoms with E-state index in [-0.39, 0.29) is 0 Å². The van der Waals surface area contributed by atoms with Gasteiger partial charge < -0.3 is 15.5 Å². The SMILES string of the molecule is CN(C)c1cc(N2CCN(C3CCc4ccccc4C3)CC2)nc(N)n1. The summed E-state index contributed by atoms with van der Waals surface area (Å²) in [6.07, 6.45) is 3.65. The van der Waals surface area contributed by atoms with E-state index in [0.717, 1.165) is 37.8 Å². The molecule has 2 N–H and O–H groups in total. The number of aryl methyl sites for hydroxylation is 1. The molecule has 1 aromatic carbocycles. The van der Waals surface area contributed by atoms with Crippen LogP contribution in [0.5, 0.6) is 0 Å². The van der Waals surface area contributed by atoms with Crippen LogP contribution in [0.3, 0.4) is 0 Å². The minimum atomic E-state index is 0.345. The molecule has 0 saturated carbocycles. The van der Waals surface area contributed by atoms with Gasteiger partial charge in [-0.2, -0.15) is 9.97 Å². The smallest absolute Gasteiger partial charge is 0.223 e. The fourth-order valence-corrected chi connectivity index (χ4v) is 4.14. The van der Waals surface area contributed by atoms with Crippen molar-refractivity contribution in [1.29, 1.82) is 0 Å². The minimum Gasteiger partial charge on any atom is -0.368 e. The molecule has 2 aliphatic rings. The second kappa shape index (κ2) is 7.11. The normalized spacial score (nSPS) is 20.7. The van der Waals surface area contributed by atoms with Crippen molar-refractivity contribution in [2.75, 3.05) is 55.8 Å². The van der Waals surface area contributed by atoms with E-state index < -0.39 is 0 Å². The van der Waals surface area contributed by atoms with Crippen LogP contribution in [0.2, 0.25) is 0 Å². The lowest BCUT2D eigenvalue weighted by molar-refractivity contribution is 0.169. The van der Waals surface area contributed by atoms with Crippen molar-refractivity contribution in [3.63, 3.8) is 0 Å². The van der Waals surface area contributed by atoms with Gasteiger partial charge in [0.15, 0.2) is 0 Å². The van der Waals surface area contributed by atoms with E-state index in [4.69, 9.17) is 5.73 Å². The molecule has 0 bridgehead atoms. The highest BCUT2D eigenvalue weighted by molar-refractivity contribution is 5.53. The Morgan fingerprint density at radius 3 is 2.50 bits per heavy atom. The standard InChI is InChI=1S/C20H28N6/c1-24(2)18-14-19(23-20(21)22-18)26-11-9-25(10-12-26)17-8-7-15-5-3-4-6-16(15)13-17/h3-6,14,17H,7-13H2,1-2H3,(H2,21,22,23). The number of hydrogen-bond donors (Lipinski definition) is 1. The van der Waals surface area contributed by atoms with E-state index in [1.807, 2.05) is 25.1 Å². The van der Waals surface area contributed by atoms with E-state index in [2.05, 4.69) is 44.0 Å². The Hall–Kier alpha value is -2.34. The summed E-state index contributed by atoms with van der Waals surface area (Å²) in [5, 5.41) is 0. The average Bonchev–Trinajstić information content (AvgIpc) is 2.67. The van der Waals surface area contributed by atoms with E-state index >= 15 is 0 Å². The molecule has 1 atom stereocenters. The van der Waals surface area contributed by atoms with Crippen molar-refractivity contribution < 1.29 is 0 Å². The maximum atomic E-state index is 5.91. The predicted molar refractivity (Wildman–Crippen MR) is 107 cm³/mol. The number of nitrogen functional groups attached to an aromatic ring is 1. The Labute approximate surface area is 155 Å². The van der Waals surface area contributed by atoms with Crippen LogP contribution in [0.15, 0.2) is 30.3 Å². The van der Waals surface area contributed by atoms with E-state index in [1.165, 1.54) is 30.4 Å². The third-order valence-electron chi connectivity index (χ3n) is 5.65. The summed E-state index contributed by atoms with van der Waals surface area (Å²) >= 11 is 0. The molecule has 0 amide bonds. The van der Waals surface area contributed by atoms with Crippen LogP contribution in [0.4, 0.5) is 17.6 Å². The topological polar surface area (TPSA) is 61.5 Å². The summed E-state index contributed by atoms with van der Waals surface area (Å²) in [6, 6.07) is 11.6. The summed E-state index contributed by atoms with van der Waals surface area (Å²) in [6.45, 7) is 4.13. The second-order valence-corrected chi connectivity index (χ2v) is 7.53. The van der Waals surface area contributed by atoms with Crippen LogP contribution in [0.1, 0.15) is 17.5 Å². The zero-order valence-electron chi connectivity index (χ0n) is 15.7. The first kappa shape index (κ1) is 17.1. The van der Waals surface area contributed by atoms with Crippen LogP contribution in [-0.4, -0.2) is 61.2 Å². The number of nitrogens with two attached hydrogens (primary N) is 1. The lowest BCUT2D eigenvalue weighted by atomic mass is 9.87. The molecule has 0 spiro atoms. The Kier molecular flexibility index (Phi) is 4.68. The summed E-state index contributed by atoms with van der Waals surface area (Å²) in [5.41, 5.74) is 8.98. The van der Waals surface area contributed by atoms with Crippen molar-refractivity contribution >= 4 is 17.6 Å². The molecule has 4 rings (SSSR count). The number of fused-ring (bicyclic) bond motifs is 1. The molecule has 1 saturated heterocycles. The Morgan fingerprint density at radius 1 is 1.04 bits per heavy atom. The van der Waals surface area contributed by atoms with Gasteiger partial charge in [0.05, 0.1) is 0 Å². The number of hydrogen-bond acceptors (Lipinski definition) is 6.